The lowest BCUT2D eigenvalue weighted by atomic mass is 10.2. The van der Waals surface area contributed by atoms with E-state index >= 15 is 0 Å². The fraction of sp³-hybridized carbons (Fsp3) is 0.900. The zero-order chi connectivity index (χ0) is 11.8. The second kappa shape index (κ2) is 10.2. The van der Waals surface area contributed by atoms with E-state index in [1.54, 1.807) is 30.6 Å². The van der Waals surface area contributed by atoms with E-state index in [2.05, 4.69) is 0 Å². The number of carbonyl (C=O) groups is 1. The molecule has 0 heterocycles. The number of nitrogens with zero attached hydrogens (tertiary/aromatic N) is 1. The molecule has 1 amide bonds. The Balaban J connectivity index is 0. The maximum Gasteiger partial charge on any atom is 0.239 e. The molecular formula is C10H23ClN2O2S. The van der Waals surface area contributed by atoms with Crippen LogP contribution in [0.1, 0.15) is 19.8 Å². The number of likely N-dealkylation sites (N-methyl/N-ethyl adjacent to an activating group) is 1. The van der Waals surface area contributed by atoms with Gasteiger partial charge in [0.15, 0.2) is 0 Å². The summed E-state index contributed by atoms with van der Waals surface area (Å²) in [5, 5.41) is 9.09. The molecule has 2 atom stereocenters. The SMILES string of the molecule is CSCCC(N)C(=O)N(C)CCC(C)O.Cl. The fourth-order valence-electron chi connectivity index (χ4n) is 1.14. The molecule has 0 rings (SSSR count). The summed E-state index contributed by atoms with van der Waals surface area (Å²) in [6.45, 7) is 2.27. The molecule has 0 aliphatic heterocycles. The van der Waals surface area contributed by atoms with Gasteiger partial charge in [-0.2, -0.15) is 11.8 Å². The Kier molecular flexibility index (Phi) is 11.7. The van der Waals surface area contributed by atoms with E-state index < -0.39 is 6.04 Å². The first-order valence-electron chi connectivity index (χ1n) is 5.16. The molecular weight excluding hydrogens is 248 g/mol. The maximum atomic E-state index is 11.7. The van der Waals surface area contributed by atoms with Crippen LogP contribution in [0, 0.1) is 0 Å². The molecule has 16 heavy (non-hydrogen) atoms. The number of halogens is 1. The zero-order valence-electron chi connectivity index (χ0n) is 10.2. The maximum absolute atomic E-state index is 11.7. The Morgan fingerprint density at radius 3 is 2.50 bits per heavy atom. The first kappa shape index (κ1) is 18.4. The van der Waals surface area contributed by atoms with Gasteiger partial charge in [0.05, 0.1) is 12.1 Å². The highest BCUT2D eigenvalue weighted by Gasteiger charge is 2.17. The molecule has 4 nitrogen and oxygen atoms in total. The Morgan fingerprint density at radius 2 is 2.06 bits per heavy atom. The number of aliphatic hydroxyl groups excluding tert-OH is 1. The van der Waals surface area contributed by atoms with Gasteiger partial charge in [-0.3, -0.25) is 4.79 Å². The molecule has 0 fully saturated rings. The van der Waals surface area contributed by atoms with Gasteiger partial charge in [-0.25, -0.2) is 0 Å². The highest BCUT2D eigenvalue weighted by atomic mass is 35.5. The summed E-state index contributed by atoms with van der Waals surface area (Å²) < 4.78 is 0. The third kappa shape index (κ3) is 8.21. The third-order valence-electron chi connectivity index (χ3n) is 2.21. The summed E-state index contributed by atoms with van der Waals surface area (Å²) in [5.74, 6) is 0.863. The van der Waals surface area contributed by atoms with Crippen LogP contribution in [0.2, 0.25) is 0 Å². The summed E-state index contributed by atoms with van der Waals surface area (Å²) in [5.41, 5.74) is 5.74. The molecule has 0 aromatic rings. The molecule has 0 radical (unpaired) electrons. The summed E-state index contributed by atoms with van der Waals surface area (Å²) >= 11 is 1.69. The Morgan fingerprint density at radius 1 is 1.50 bits per heavy atom. The molecule has 2 unspecified atom stereocenters. The van der Waals surface area contributed by atoms with Crippen LogP contribution in [0.15, 0.2) is 0 Å². The smallest absolute Gasteiger partial charge is 0.239 e. The van der Waals surface area contributed by atoms with Gasteiger partial charge in [0.25, 0.3) is 0 Å². The van der Waals surface area contributed by atoms with E-state index in [4.69, 9.17) is 10.8 Å². The topological polar surface area (TPSA) is 66.6 Å². The monoisotopic (exact) mass is 270 g/mol. The summed E-state index contributed by atoms with van der Waals surface area (Å²) in [6.07, 6.45) is 2.92. The first-order valence-corrected chi connectivity index (χ1v) is 6.56. The van der Waals surface area contributed by atoms with Crippen molar-refractivity contribution in [2.75, 3.05) is 25.6 Å². The summed E-state index contributed by atoms with van der Waals surface area (Å²) in [7, 11) is 1.73. The number of amides is 1. The van der Waals surface area contributed by atoms with Crippen molar-refractivity contribution in [3.8, 4) is 0 Å². The van der Waals surface area contributed by atoms with Crippen molar-refractivity contribution in [2.45, 2.75) is 31.9 Å². The average Bonchev–Trinajstić information content (AvgIpc) is 2.21. The summed E-state index contributed by atoms with van der Waals surface area (Å²) in [6, 6.07) is -0.406. The minimum Gasteiger partial charge on any atom is -0.393 e. The number of thioether (sulfide) groups is 1. The van der Waals surface area contributed by atoms with Crippen LogP contribution in [0.3, 0.4) is 0 Å². The second-order valence-electron chi connectivity index (χ2n) is 3.79. The first-order chi connectivity index (χ1) is 6.99. The van der Waals surface area contributed by atoms with E-state index in [1.807, 2.05) is 6.26 Å². The number of aliphatic hydroxyl groups is 1. The zero-order valence-corrected chi connectivity index (χ0v) is 11.8. The van der Waals surface area contributed by atoms with Crippen LogP contribution in [0.5, 0.6) is 0 Å². The molecule has 0 bridgehead atoms. The Labute approximate surface area is 108 Å². The molecule has 0 saturated carbocycles. The van der Waals surface area contributed by atoms with Gasteiger partial charge in [0.2, 0.25) is 5.91 Å². The van der Waals surface area contributed by atoms with Gasteiger partial charge < -0.3 is 15.7 Å². The predicted molar refractivity (Wildman–Crippen MR) is 72.2 cm³/mol. The van der Waals surface area contributed by atoms with Gasteiger partial charge in [-0.05, 0) is 31.8 Å². The number of nitrogens with two attached hydrogens (primary N) is 1. The minimum absolute atomic E-state index is 0. The van der Waals surface area contributed by atoms with Crippen LogP contribution in [-0.2, 0) is 4.79 Å². The number of hydrogen-bond acceptors (Lipinski definition) is 4. The molecule has 0 saturated heterocycles. The van der Waals surface area contributed by atoms with Gasteiger partial charge in [-0.1, -0.05) is 0 Å². The Hall–Kier alpha value is 0.0300. The van der Waals surface area contributed by atoms with Gasteiger partial charge >= 0.3 is 0 Å². The lowest BCUT2D eigenvalue weighted by molar-refractivity contribution is -0.131. The second-order valence-corrected chi connectivity index (χ2v) is 4.77. The normalized spacial score (nSPS) is 13.8. The molecule has 0 aliphatic rings. The van der Waals surface area contributed by atoms with Crippen molar-refractivity contribution in [3.05, 3.63) is 0 Å². The molecule has 0 aromatic carbocycles. The number of hydrogen-bond donors (Lipinski definition) is 2. The van der Waals surface area contributed by atoms with Crippen molar-refractivity contribution in [1.82, 2.24) is 4.90 Å². The van der Waals surface area contributed by atoms with Crippen molar-refractivity contribution in [1.29, 1.82) is 0 Å². The van der Waals surface area contributed by atoms with E-state index in [-0.39, 0.29) is 24.4 Å². The van der Waals surface area contributed by atoms with E-state index in [0.717, 1.165) is 5.75 Å². The van der Waals surface area contributed by atoms with E-state index in [1.165, 1.54) is 0 Å². The lowest BCUT2D eigenvalue weighted by Gasteiger charge is -2.21. The standard InChI is InChI=1S/C10H22N2O2S.ClH/c1-8(13)4-6-12(2)10(14)9(11)5-7-15-3;/h8-9,13H,4-7,11H2,1-3H3;1H. The van der Waals surface area contributed by atoms with Crippen LogP contribution < -0.4 is 5.73 Å². The molecule has 0 aliphatic carbocycles. The lowest BCUT2D eigenvalue weighted by Crippen LogP contribution is -2.42. The van der Waals surface area contributed by atoms with Gasteiger partial charge in [0, 0.05) is 13.6 Å². The van der Waals surface area contributed by atoms with E-state index in [9.17, 15) is 4.79 Å². The Bertz CT molecular complexity index is 194. The minimum atomic E-state index is -0.406. The van der Waals surface area contributed by atoms with Crippen LogP contribution >= 0.6 is 24.2 Å². The van der Waals surface area contributed by atoms with Crippen LogP contribution in [0.4, 0.5) is 0 Å². The fourth-order valence-corrected chi connectivity index (χ4v) is 1.63. The molecule has 98 valence electrons. The van der Waals surface area contributed by atoms with E-state index in [0.29, 0.717) is 19.4 Å². The third-order valence-corrected chi connectivity index (χ3v) is 2.85. The highest BCUT2D eigenvalue weighted by Crippen LogP contribution is 2.02. The molecule has 6 heteroatoms. The number of carbonyl (C=O) groups excluding carboxylic acids is 1. The largest absolute Gasteiger partial charge is 0.393 e. The van der Waals surface area contributed by atoms with Gasteiger partial charge in [0.1, 0.15) is 0 Å². The molecule has 0 spiro atoms. The predicted octanol–water partition coefficient (Wildman–Crippen LogP) is 0.718. The van der Waals surface area contributed by atoms with Gasteiger partial charge in [-0.15, -0.1) is 12.4 Å². The van der Waals surface area contributed by atoms with Crippen LogP contribution in [0.25, 0.3) is 0 Å². The highest BCUT2D eigenvalue weighted by molar-refractivity contribution is 7.98. The number of rotatable bonds is 7. The quantitative estimate of drug-likeness (QED) is 0.715. The van der Waals surface area contributed by atoms with Crippen molar-refractivity contribution >= 4 is 30.1 Å². The molecule has 0 aromatic heterocycles. The average molecular weight is 271 g/mol. The van der Waals surface area contributed by atoms with Crippen molar-refractivity contribution in [2.24, 2.45) is 5.73 Å². The van der Waals surface area contributed by atoms with Crippen molar-refractivity contribution in [3.63, 3.8) is 0 Å². The molecule has 3 N–H and O–H groups in total. The summed E-state index contributed by atoms with van der Waals surface area (Å²) in [4.78, 5) is 13.3. The van der Waals surface area contributed by atoms with Crippen LogP contribution in [-0.4, -0.2) is 53.7 Å². The van der Waals surface area contributed by atoms with Crippen molar-refractivity contribution < 1.29 is 9.90 Å².